The van der Waals surface area contributed by atoms with Crippen molar-refractivity contribution in [2.45, 2.75) is 64.5 Å². The Morgan fingerprint density at radius 2 is 1.97 bits per heavy atom. The van der Waals surface area contributed by atoms with Crippen molar-refractivity contribution >= 4 is 0 Å². The van der Waals surface area contributed by atoms with E-state index in [1.165, 1.54) is 42.4 Å². The van der Waals surface area contributed by atoms with Crippen LogP contribution in [0.15, 0.2) is 54.7 Å². The molecule has 1 aromatic heterocycles. The van der Waals surface area contributed by atoms with Gasteiger partial charge in [0.15, 0.2) is 0 Å². The zero-order chi connectivity index (χ0) is 22.6. The summed E-state index contributed by atoms with van der Waals surface area (Å²) in [6.07, 6.45) is 9.11. The monoisotopic (exact) mass is 445 g/mol. The fraction of sp³-hybridized carbons (Fsp3) is 0.500. The topological polar surface area (TPSA) is 60.2 Å². The van der Waals surface area contributed by atoms with Gasteiger partial charge in [0.25, 0.3) is 0 Å². The number of hydrogen-bond acceptors (Lipinski definition) is 4. The Balaban J connectivity index is 1.23. The molecular weight excluding hydrogens is 410 g/mol. The van der Waals surface area contributed by atoms with Gasteiger partial charge in [0.05, 0.1) is 12.7 Å². The van der Waals surface area contributed by atoms with E-state index in [2.05, 4.69) is 47.6 Å². The molecule has 174 valence electrons. The number of aliphatic hydroxyl groups is 1. The molecule has 3 aromatic rings. The van der Waals surface area contributed by atoms with Crippen LogP contribution in [0.3, 0.4) is 0 Å². The average Bonchev–Trinajstić information content (AvgIpc) is 3.30. The summed E-state index contributed by atoms with van der Waals surface area (Å²) in [4.78, 5) is 0. The molecule has 0 unspecified atom stereocenters. The summed E-state index contributed by atoms with van der Waals surface area (Å²) in [5.74, 6) is 3.43. The summed E-state index contributed by atoms with van der Waals surface area (Å²) in [5, 5.41) is 18.4. The van der Waals surface area contributed by atoms with Crippen molar-refractivity contribution in [3.63, 3.8) is 0 Å². The lowest BCUT2D eigenvalue weighted by atomic mass is 9.59. The first-order valence-corrected chi connectivity index (χ1v) is 12.5. The SMILES string of the molecule is CCC[C@@H]1[C@H](CO)CC[C@@H]2c3ccc(OCc4cn(Cc5ccccc5)nn4)cc3CC[C@@H]12. The molecule has 2 aliphatic rings. The minimum atomic E-state index is 0.351. The molecule has 0 amide bonds. The molecule has 0 radical (unpaired) electrons. The van der Waals surface area contributed by atoms with Crippen LogP contribution in [0.1, 0.15) is 67.3 Å². The van der Waals surface area contributed by atoms with E-state index in [-0.39, 0.29) is 0 Å². The summed E-state index contributed by atoms with van der Waals surface area (Å²) in [6, 6.07) is 17.0. The highest BCUT2D eigenvalue weighted by Crippen LogP contribution is 2.51. The van der Waals surface area contributed by atoms with Gasteiger partial charge in [-0.15, -0.1) is 5.10 Å². The predicted octanol–water partition coefficient (Wildman–Crippen LogP) is 5.37. The van der Waals surface area contributed by atoms with Gasteiger partial charge < -0.3 is 9.84 Å². The van der Waals surface area contributed by atoms with Crippen molar-refractivity contribution in [1.82, 2.24) is 15.0 Å². The van der Waals surface area contributed by atoms with Crippen LogP contribution < -0.4 is 4.74 Å². The maximum atomic E-state index is 9.91. The summed E-state index contributed by atoms with van der Waals surface area (Å²) in [5.41, 5.74) is 5.01. The van der Waals surface area contributed by atoms with Gasteiger partial charge in [-0.2, -0.15) is 0 Å². The number of rotatable bonds is 8. The second-order valence-electron chi connectivity index (χ2n) is 9.82. The standard InChI is InChI=1S/C28H35N3O2/c1-2-6-25-22(18-32)10-13-28-26-14-11-24(15-21(26)9-12-27(25)28)33-19-23-17-31(30-29-23)16-20-7-4-3-5-8-20/h3-5,7-8,11,14-15,17,22,25,27-28,32H,2,6,9-10,12-13,16,18-19H2,1H3/t22-,25+,27-,28+/m0/s1. The number of nitrogens with zero attached hydrogens (tertiary/aromatic N) is 3. The lowest BCUT2D eigenvalue weighted by Gasteiger charge is -2.46. The van der Waals surface area contributed by atoms with Crippen LogP contribution in [0.5, 0.6) is 5.75 Å². The quantitative estimate of drug-likeness (QED) is 0.506. The molecule has 33 heavy (non-hydrogen) atoms. The van der Waals surface area contributed by atoms with Crippen molar-refractivity contribution in [1.29, 1.82) is 0 Å². The van der Waals surface area contributed by atoms with Crippen LogP contribution in [0.4, 0.5) is 0 Å². The third kappa shape index (κ3) is 4.84. The summed E-state index contributed by atoms with van der Waals surface area (Å²) in [6.45, 7) is 3.77. The van der Waals surface area contributed by atoms with Gasteiger partial charge in [0.1, 0.15) is 18.1 Å². The maximum absolute atomic E-state index is 9.91. The van der Waals surface area contributed by atoms with E-state index in [1.54, 1.807) is 0 Å². The highest BCUT2D eigenvalue weighted by atomic mass is 16.5. The van der Waals surface area contributed by atoms with Gasteiger partial charge in [0.2, 0.25) is 0 Å². The minimum Gasteiger partial charge on any atom is -0.487 e. The zero-order valence-corrected chi connectivity index (χ0v) is 19.6. The Labute approximate surface area is 196 Å². The van der Waals surface area contributed by atoms with Crippen LogP contribution >= 0.6 is 0 Å². The molecule has 5 rings (SSSR count). The normalized spacial score (nSPS) is 24.2. The van der Waals surface area contributed by atoms with Crippen molar-refractivity contribution < 1.29 is 9.84 Å². The van der Waals surface area contributed by atoms with Crippen molar-refractivity contribution in [2.75, 3.05) is 6.61 Å². The molecule has 0 aliphatic heterocycles. The molecule has 1 saturated carbocycles. The molecule has 2 aromatic carbocycles. The van der Waals surface area contributed by atoms with E-state index in [1.807, 2.05) is 29.1 Å². The molecule has 5 heteroatoms. The Hall–Kier alpha value is -2.66. The summed E-state index contributed by atoms with van der Waals surface area (Å²) in [7, 11) is 0. The van der Waals surface area contributed by atoms with Crippen molar-refractivity contribution in [2.24, 2.45) is 17.8 Å². The van der Waals surface area contributed by atoms with Gasteiger partial charge in [-0.1, -0.05) is 61.4 Å². The smallest absolute Gasteiger partial charge is 0.134 e. The first kappa shape index (κ1) is 22.1. The van der Waals surface area contributed by atoms with E-state index in [0.29, 0.717) is 37.5 Å². The van der Waals surface area contributed by atoms with Crippen LogP contribution in [-0.2, 0) is 19.6 Å². The number of aromatic nitrogens is 3. The molecule has 1 fully saturated rings. The summed E-state index contributed by atoms with van der Waals surface area (Å²) < 4.78 is 7.96. The van der Waals surface area contributed by atoms with E-state index in [9.17, 15) is 5.11 Å². The predicted molar refractivity (Wildman–Crippen MR) is 129 cm³/mol. The Morgan fingerprint density at radius 1 is 1.09 bits per heavy atom. The largest absolute Gasteiger partial charge is 0.487 e. The first-order valence-electron chi connectivity index (χ1n) is 12.5. The average molecular weight is 446 g/mol. The fourth-order valence-corrected chi connectivity index (χ4v) is 6.26. The van der Waals surface area contributed by atoms with Crippen molar-refractivity contribution in [3.05, 3.63) is 77.1 Å². The third-order valence-corrected chi connectivity index (χ3v) is 7.80. The van der Waals surface area contributed by atoms with Crippen LogP contribution in [-0.4, -0.2) is 26.7 Å². The number of hydrogen-bond donors (Lipinski definition) is 1. The zero-order valence-electron chi connectivity index (χ0n) is 19.6. The molecule has 2 aliphatic carbocycles. The van der Waals surface area contributed by atoms with Crippen LogP contribution in [0.25, 0.3) is 0 Å². The summed E-state index contributed by atoms with van der Waals surface area (Å²) >= 11 is 0. The molecule has 0 spiro atoms. The van der Waals surface area contributed by atoms with Crippen LogP contribution in [0, 0.1) is 17.8 Å². The highest BCUT2D eigenvalue weighted by Gasteiger charge is 2.41. The Morgan fingerprint density at radius 3 is 2.79 bits per heavy atom. The molecule has 4 atom stereocenters. The lowest BCUT2D eigenvalue weighted by Crippen LogP contribution is -2.37. The van der Waals surface area contributed by atoms with Gasteiger partial charge >= 0.3 is 0 Å². The van der Waals surface area contributed by atoms with Crippen molar-refractivity contribution in [3.8, 4) is 5.75 Å². The fourth-order valence-electron chi connectivity index (χ4n) is 6.26. The number of fused-ring (bicyclic) bond motifs is 3. The van der Waals surface area contributed by atoms with Gasteiger partial charge in [-0.25, -0.2) is 4.68 Å². The van der Waals surface area contributed by atoms with Gasteiger partial charge in [-0.3, -0.25) is 0 Å². The van der Waals surface area contributed by atoms with E-state index in [0.717, 1.165) is 30.2 Å². The molecule has 0 saturated heterocycles. The third-order valence-electron chi connectivity index (χ3n) is 7.80. The lowest BCUT2D eigenvalue weighted by molar-refractivity contribution is 0.0594. The number of aryl methyl sites for hydroxylation is 1. The molecular formula is C28H35N3O2. The second kappa shape index (κ2) is 10.1. The number of ether oxygens (including phenoxy) is 1. The van der Waals surface area contributed by atoms with Crippen LogP contribution in [0.2, 0.25) is 0 Å². The number of aliphatic hydroxyl groups excluding tert-OH is 1. The molecule has 5 nitrogen and oxygen atoms in total. The minimum absolute atomic E-state index is 0.351. The number of benzene rings is 2. The maximum Gasteiger partial charge on any atom is 0.134 e. The first-order chi connectivity index (χ1) is 16.2. The molecule has 1 heterocycles. The Kier molecular flexibility index (Phi) is 6.77. The highest BCUT2D eigenvalue weighted by molar-refractivity contribution is 5.40. The van der Waals surface area contributed by atoms with E-state index in [4.69, 9.17) is 4.74 Å². The van der Waals surface area contributed by atoms with Gasteiger partial charge in [-0.05, 0) is 78.2 Å². The molecule has 0 bridgehead atoms. The second-order valence-corrected chi connectivity index (χ2v) is 9.82. The van der Waals surface area contributed by atoms with E-state index < -0.39 is 0 Å². The van der Waals surface area contributed by atoms with Gasteiger partial charge in [0, 0.05) is 6.61 Å². The Bertz CT molecular complexity index is 1050. The molecule has 1 N–H and O–H groups in total. The van der Waals surface area contributed by atoms with E-state index >= 15 is 0 Å².